The molecule has 0 saturated carbocycles. The van der Waals surface area contributed by atoms with E-state index < -0.39 is 0 Å². The van der Waals surface area contributed by atoms with E-state index in [9.17, 15) is 0 Å². The Balaban J connectivity index is 2.39. The molecule has 0 aliphatic carbocycles. The largest absolute Gasteiger partial charge is 0.489 e. The third-order valence-corrected chi connectivity index (χ3v) is 3.34. The Bertz CT molecular complexity index is 352. The number of rotatable bonds is 6. The summed E-state index contributed by atoms with van der Waals surface area (Å²) in [6, 6.07) is 6.08. The lowest BCUT2D eigenvalue weighted by atomic mass is 10.2. The zero-order chi connectivity index (χ0) is 12.8. The van der Waals surface area contributed by atoms with Crippen LogP contribution in [0.3, 0.4) is 0 Å². The number of halogens is 1. The minimum Gasteiger partial charge on any atom is -0.489 e. The van der Waals surface area contributed by atoms with Crippen molar-refractivity contribution in [1.82, 2.24) is 5.32 Å². The quantitative estimate of drug-likeness (QED) is 0.863. The lowest BCUT2D eigenvalue weighted by Crippen LogP contribution is -2.31. The molecule has 0 heterocycles. The van der Waals surface area contributed by atoms with Crippen LogP contribution in [0.25, 0.3) is 0 Å². The van der Waals surface area contributed by atoms with Gasteiger partial charge in [-0.15, -0.1) is 0 Å². The maximum absolute atomic E-state index is 5.85. The third kappa shape index (κ3) is 5.55. The molecule has 0 aliphatic heterocycles. The highest BCUT2D eigenvalue weighted by molar-refractivity contribution is 9.10. The first-order chi connectivity index (χ1) is 7.99. The number of hydrogen-bond acceptors (Lipinski definition) is 2. The smallest absolute Gasteiger partial charge is 0.120 e. The fourth-order valence-corrected chi connectivity index (χ4v) is 1.79. The van der Waals surface area contributed by atoms with Gasteiger partial charge < -0.3 is 10.1 Å². The standard InChI is InChI=1S/C14H22BrNO/c1-10(2)8-16-9-12(4)17-13-5-6-14(15)11(3)7-13/h5-7,10,12,16H,8-9H2,1-4H3. The molecule has 0 fully saturated rings. The molecule has 0 amide bonds. The molecule has 17 heavy (non-hydrogen) atoms. The van der Waals surface area contributed by atoms with Crippen molar-refractivity contribution in [3.63, 3.8) is 0 Å². The fraction of sp³-hybridized carbons (Fsp3) is 0.571. The van der Waals surface area contributed by atoms with Crippen LogP contribution in [0, 0.1) is 12.8 Å². The van der Waals surface area contributed by atoms with Gasteiger partial charge in [-0.05, 0) is 50.1 Å². The lowest BCUT2D eigenvalue weighted by Gasteiger charge is -2.17. The average molecular weight is 300 g/mol. The molecule has 0 aromatic heterocycles. The molecule has 1 N–H and O–H groups in total. The first kappa shape index (κ1) is 14.5. The first-order valence-corrected chi connectivity index (χ1v) is 6.92. The number of ether oxygens (including phenoxy) is 1. The Hall–Kier alpha value is -0.540. The molecule has 0 spiro atoms. The summed E-state index contributed by atoms with van der Waals surface area (Å²) < 4.78 is 6.97. The summed E-state index contributed by atoms with van der Waals surface area (Å²) in [6.07, 6.45) is 0.189. The summed E-state index contributed by atoms with van der Waals surface area (Å²) in [4.78, 5) is 0. The molecule has 1 atom stereocenters. The average Bonchev–Trinajstić information content (AvgIpc) is 2.23. The van der Waals surface area contributed by atoms with Crippen molar-refractivity contribution in [1.29, 1.82) is 0 Å². The third-order valence-electron chi connectivity index (χ3n) is 2.45. The van der Waals surface area contributed by atoms with E-state index in [-0.39, 0.29) is 6.10 Å². The van der Waals surface area contributed by atoms with E-state index in [2.05, 4.69) is 55.0 Å². The second-order valence-corrected chi connectivity index (χ2v) is 5.75. The Morgan fingerprint density at radius 3 is 2.53 bits per heavy atom. The Labute approximate surface area is 113 Å². The second kappa shape index (κ2) is 7.02. The SMILES string of the molecule is Cc1cc(OC(C)CNCC(C)C)ccc1Br. The van der Waals surface area contributed by atoms with Crippen molar-refractivity contribution in [2.24, 2.45) is 5.92 Å². The van der Waals surface area contributed by atoms with Gasteiger partial charge in [-0.2, -0.15) is 0 Å². The molecule has 0 saturated heterocycles. The van der Waals surface area contributed by atoms with Gasteiger partial charge >= 0.3 is 0 Å². The van der Waals surface area contributed by atoms with Crippen LogP contribution >= 0.6 is 15.9 Å². The van der Waals surface area contributed by atoms with Crippen LogP contribution in [-0.4, -0.2) is 19.2 Å². The molecule has 3 heteroatoms. The van der Waals surface area contributed by atoms with Crippen LogP contribution in [0.1, 0.15) is 26.3 Å². The van der Waals surface area contributed by atoms with Gasteiger partial charge in [-0.3, -0.25) is 0 Å². The lowest BCUT2D eigenvalue weighted by molar-refractivity contribution is 0.215. The summed E-state index contributed by atoms with van der Waals surface area (Å²) in [7, 11) is 0. The molecule has 1 unspecified atom stereocenters. The van der Waals surface area contributed by atoms with Gasteiger partial charge in [-0.1, -0.05) is 29.8 Å². The van der Waals surface area contributed by atoms with Gasteiger partial charge in [0.05, 0.1) is 0 Å². The monoisotopic (exact) mass is 299 g/mol. The van der Waals surface area contributed by atoms with Gasteiger partial charge in [0, 0.05) is 11.0 Å². The maximum atomic E-state index is 5.85. The number of aryl methyl sites for hydroxylation is 1. The van der Waals surface area contributed by atoms with E-state index in [1.807, 2.05) is 12.1 Å². The van der Waals surface area contributed by atoms with Gasteiger partial charge in [0.15, 0.2) is 0 Å². The summed E-state index contributed by atoms with van der Waals surface area (Å²) in [5.41, 5.74) is 1.20. The van der Waals surface area contributed by atoms with Gasteiger partial charge in [0.25, 0.3) is 0 Å². The number of benzene rings is 1. The van der Waals surface area contributed by atoms with Crippen molar-refractivity contribution in [2.75, 3.05) is 13.1 Å². The molecular weight excluding hydrogens is 278 g/mol. The van der Waals surface area contributed by atoms with Gasteiger partial charge in [-0.25, -0.2) is 0 Å². The highest BCUT2D eigenvalue weighted by Gasteiger charge is 2.05. The highest BCUT2D eigenvalue weighted by atomic mass is 79.9. The second-order valence-electron chi connectivity index (χ2n) is 4.89. The van der Waals surface area contributed by atoms with E-state index in [0.29, 0.717) is 5.92 Å². The van der Waals surface area contributed by atoms with E-state index in [0.717, 1.165) is 23.3 Å². The van der Waals surface area contributed by atoms with Crippen LogP contribution < -0.4 is 10.1 Å². The summed E-state index contributed by atoms with van der Waals surface area (Å²) in [5.74, 6) is 1.61. The van der Waals surface area contributed by atoms with Crippen LogP contribution in [0.4, 0.5) is 0 Å². The molecule has 96 valence electrons. The van der Waals surface area contributed by atoms with Crippen molar-refractivity contribution < 1.29 is 4.74 Å². The molecule has 0 radical (unpaired) electrons. The fourth-order valence-electron chi connectivity index (χ4n) is 1.54. The van der Waals surface area contributed by atoms with E-state index in [4.69, 9.17) is 4.74 Å². The molecule has 1 aromatic carbocycles. The molecule has 2 nitrogen and oxygen atoms in total. The van der Waals surface area contributed by atoms with E-state index in [1.165, 1.54) is 5.56 Å². The molecule has 1 aromatic rings. The molecule has 1 rings (SSSR count). The first-order valence-electron chi connectivity index (χ1n) is 6.12. The number of hydrogen-bond donors (Lipinski definition) is 1. The normalized spacial score (nSPS) is 12.8. The Kier molecular flexibility index (Phi) is 6.00. The van der Waals surface area contributed by atoms with Crippen molar-refractivity contribution >= 4 is 15.9 Å². The van der Waals surface area contributed by atoms with E-state index in [1.54, 1.807) is 0 Å². The maximum Gasteiger partial charge on any atom is 0.120 e. The predicted octanol–water partition coefficient (Wildman–Crippen LogP) is 3.77. The van der Waals surface area contributed by atoms with Gasteiger partial charge in [0.1, 0.15) is 11.9 Å². The summed E-state index contributed by atoms with van der Waals surface area (Å²) in [5, 5.41) is 3.40. The Morgan fingerprint density at radius 2 is 1.94 bits per heavy atom. The minimum atomic E-state index is 0.189. The number of nitrogens with one attached hydrogen (secondary N) is 1. The van der Waals surface area contributed by atoms with Crippen molar-refractivity contribution in [2.45, 2.75) is 33.8 Å². The van der Waals surface area contributed by atoms with E-state index >= 15 is 0 Å². The van der Waals surface area contributed by atoms with Crippen LogP contribution in [-0.2, 0) is 0 Å². The predicted molar refractivity (Wildman–Crippen MR) is 76.7 cm³/mol. The summed E-state index contributed by atoms with van der Waals surface area (Å²) >= 11 is 3.49. The minimum absolute atomic E-state index is 0.189. The zero-order valence-electron chi connectivity index (χ0n) is 11.1. The van der Waals surface area contributed by atoms with Crippen LogP contribution in [0.5, 0.6) is 5.75 Å². The van der Waals surface area contributed by atoms with Crippen molar-refractivity contribution in [3.8, 4) is 5.75 Å². The van der Waals surface area contributed by atoms with Crippen LogP contribution in [0.15, 0.2) is 22.7 Å². The molecule has 0 aliphatic rings. The molecule has 0 bridgehead atoms. The Morgan fingerprint density at radius 1 is 1.24 bits per heavy atom. The zero-order valence-corrected chi connectivity index (χ0v) is 12.7. The van der Waals surface area contributed by atoms with Crippen molar-refractivity contribution in [3.05, 3.63) is 28.2 Å². The highest BCUT2D eigenvalue weighted by Crippen LogP contribution is 2.22. The summed E-state index contributed by atoms with van der Waals surface area (Å²) in [6.45, 7) is 10.5. The van der Waals surface area contributed by atoms with Gasteiger partial charge in [0.2, 0.25) is 0 Å². The topological polar surface area (TPSA) is 21.3 Å². The molecular formula is C14H22BrNO. The van der Waals surface area contributed by atoms with Crippen LogP contribution in [0.2, 0.25) is 0 Å².